The number of nitrogens with one attached hydrogen (secondary N) is 1. The lowest BCUT2D eigenvalue weighted by Crippen LogP contribution is -2.29. The van der Waals surface area contributed by atoms with Crippen molar-refractivity contribution in [1.82, 2.24) is 10.3 Å². The topological polar surface area (TPSA) is 42.0 Å². The number of halogens is 1. The summed E-state index contributed by atoms with van der Waals surface area (Å²) in [5.41, 5.74) is 1.46. The van der Waals surface area contributed by atoms with E-state index in [9.17, 15) is 4.79 Å². The fourth-order valence-electron chi connectivity index (χ4n) is 2.05. The number of hydrogen-bond acceptors (Lipinski definition) is 2. The van der Waals surface area contributed by atoms with Crippen LogP contribution in [0.25, 0.3) is 0 Å². The van der Waals surface area contributed by atoms with E-state index in [0.29, 0.717) is 16.6 Å². The number of carbonyl (C=O) groups is 1. The molecule has 0 spiro atoms. The Balaban J connectivity index is 1.96. The molecular formula is C14H19ClN2O. The Morgan fingerprint density at radius 3 is 2.89 bits per heavy atom. The first-order valence-electron chi connectivity index (χ1n) is 6.54. The number of carbonyl (C=O) groups excluding carboxylic acids is 1. The number of aromatic nitrogens is 1. The predicted molar refractivity (Wildman–Crippen MR) is 72.8 cm³/mol. The van der Waals surface area contributed by atoms with Crippen molar-refractivity contribution >= 4 is 17.5 Å². The third-order valence-electron chi connectivity index (χ3n) is 3.48. The molecule has 1 N–H and O–H groups in total. The Hall–Kier alpha value is -1.09. The van der Waals surface area contributed by atoms with Crippen molar-refractivity contribution in [3.63, 3.8) is 0 Å². The Morgan fingerprint density at radius 1 is 1.56 bits per heavy atom. The monoisotopic (exact) mass is 266 g/mol. The second-order valence-corrected chi connectivity index (χ2v) is 5.44. The fraction of sp³-hybridized carbons (Fsp3) is 0.571. The lowest BCUT2D eigenvalue weighted by Gasteiger charge is -2.11. The van der Waals surface area contributed by atoms with E-state index in [4.69, 9.17) is 11.6 Å². The molecule has 2 rings (SSSR count). The number of pyridine rings is 1. The molecule has 1 heterocycles. The quantitative estimate of drug-likeness (QED) is 0.833. The maximum Gasteiger partial charge on any atom is 0.251 e. The normalized spacial score (nSPS) is 16.4. The molecule has 18 heavy (non-hydrogen) atoms. The number of aryl methyl sites for hydroxylation is 1. The first-order valence-corrected chi connectivity index (χ1v) is 6.92. The van der Waals surface area contributed by atoms with Crippen LogP contribution in [-0.2, 0) is 6.42 Å². The average Bonchev–Trinajstić information content (AvgIpc) is 3.18. The van der Waals surface area contributed by atoms with E-state index in [1.165, 1.54) is 12.8 Å². The van der Waals surface area contributed by atoms with Crippen molar-refractivity contribution in [1.29, 1.82) is 0 Å². The third kappa shape index (κ3) is 3.45. The molecule has 0 saturated heterocycles. The Bertz CT molecular complexity index is 443. The van der Waals surface area contributed by atoms with Gasteiger partial charge in [0.25, 0.3) is 5.91 Å². The van der Waals surface area contributed by atoms with Crippen LogP contribution in [0.2, 0.25) is 5.15 Å². The van der Waals surface area contributed by atoms with E-state index in [2.05, 4.69) is 17.2 Å². The Kier molecular flexibility index (Phi) is 4.23. The number of hydrogen-bond donors (Lipinski definition) is 1. The number of nitrogens with zero attached hydrogens (tertiary/aromatic N) is 1. The third-order valence-corrected chi connectivity index (χ3v) is 3.68. The van der Waals surface area contributed by atoms with Gasteiger partial charge in [-0.25, -0.2) is 4.98 Å². The highest BCUT2D eigenvalue weighted by atomic mass is 35.5. The van der Waals surface area contributed by atoms with Crippen molar-refractivity contribution in [2.75, 3.05) is 6.54 Å². The highest BCUT2D eigenvalue weighted by Crippen LogP contribution is 2.36. The van der Waals surface area contributed by atoms with Crippen LogP contribution < -0.4 is 5.32 Å². The average molecular weight is 267 g/mol. The van der Waals surface area contributed by atoms with Gasteiger partial charge in [-0.3, -0.25) is 4.79 Å². The number of amides is 1. The van der Waals surface area contributed by atoms with E-state index < -0.39 is 0 Å². The van der Waals surface area contributed by atoms with Crippen LogP contribution in [0.3, 0.4) is 0 Å². The minimum absolute atomic E-state index is 0.0542. The largest absolute Gasteiger partial charge is 0.352 e. The van der Waals surface area contributed by atoms with Crippen molar-refractivity contribution < 1.29 is 4.79 Å². The molecule has 0 radical (unpaired) electrons. The van der Waals surface area contributed by atoms with E-state index in [1.54, 1.807) is 6.07 Å². The smallest absolute Gasteiger partial charge is 0.251 e. The second kappa shape index (κ2) is 5.70. The van der Waals surface area contributed by atoms with Gasteiger partial charge in [-0.1, -0.05) is 25.4 Å². The van der Waals surface area contributed by atoms with Gasteiger partial charge in [0.1, 0.15) is 5.15 Å². The van der Waals surface area contributed by atoms with Gasteiger partial charge in [-0.15, -0.1) is 0 Å². The van der Waals surface area contributed by atoms with Gasteiger partial charge in [-0.05, 0) is 43.2 Å². The summed E-state index contributed by atoms with van der Waals surface area (Å²) in [5, 5.41) is 3.36. The first kappa shape index (κ1) is 13.3. The van der Waals surface area contributed by atoms with Crippen LogP contribution in [0.5, 0.6) is 0 Å². The van der Waals surface area contributed by atoms with E-state index in [0.717, 1.165) is 24.6 Å². The molecule has 0 aromatic carbocycles. The lowest BCUT2D eigenvalue weighted by molar-refractivity contribution is 0.0946. The SMILES string of the molecule is CCc1cc(C(=O)NCC(C)C2CC2)cc(Cl)n1. The summed E-state index contributed by atoms with van der Waals surface area (Å²) in [4.78, 5) is 16.2. The zero-order chi connectivity index (χ0) is 13.1. The second-order valence-electron chi connectivity index (χ2n) is 5.05. The van der Waals surface area contributed by atoms with E-state index in [1.807, 2.05) is 13.0 Å². The molecule has 1 aromatic rings. The maximum absolute atomic E-state index is 12.0. The van der Waals surface area contributed by atoms with Crippen LogP contribution >= 0.6 is 11.6 Å². The van der Waals surface area contributed by atoms with Crippen LogP contribution in [0.15, 0.2) is 12.1 Å². The summed E-state index contributed by atoms with van der Waals surface area (Å²) in [5.74, 6) is 1.32. The first-order chi connectivity index (χ1) is 8.60. The van der Waals surface area contributed by atoms with Crippen molar-refractivity contribution in [2.45, 2.75) is 33.1 Å². The highest BCUT2D eigenvalue weighted by Gasteiger charge is 2.27. The molecule has 1 aliphatic carbocycles. The molecule has 4 heteroatoms. The zero-order valence-electron chi connectivity index (χ0n) is 10.9. The van der Waals surface area contributed by atoms with Gasteiger partial charge in [0.15, 0.2) is 0 Å². The molecule has 0 aliphatic heterocycles. The van der Waals surface area contributed by atoms with Gasteiger partial charge in [0.2, 0.25) is 0 Å². The standard InChI is InChI=1S/C14H19ClN2O/c1-3-12-6-11(7-13(15)17-12)14(18)16-8-9(2)10-4-5-10/h6-7,9-10H,3-5,8H2,1-2H3,(H,16,18). The van der Waals surface area contributed by atoms with Crippen LogP contribution in [-0.4, -0.2) is 17.4 Å². The molecule has 98 valence electrons. The van der Waals surface area contributed by atoms with Crippen LogP contribution in [0.1, 0.15) is 42.7 Å². The lowest BCUT2D eigenvalue weighted by atomic mass is 10.1. The molecule has 1 atom stereocenters. The van der Waals surface area contributed by atoms with Gasteiger partial charge in [0, 0.05) is 17.8 Å². The molecule has 1 amide bonds. The summed E-state index contributed by atoms with van der Waals surface area (Å²) in [6, 6.07) is 3.43. The minimum Gasteiger partial charge on any atom is -0.352 e. The van der Waals surface area contributed by atoms with Crippen molar-refractivity contribution in [3.05, 3.63) is 28.5 Å². The molecule has 0 bridgehead atoms. The summed E-state index contributed by atoms with van der Waals surface area (Å²) in [7, 11) is 0. The summed E-state index contributed by atoms with van der Waals surface area (Å²) < 4.78 is 0. The minimum atomic E-state index is -0.0542. The molecule has 1 saturated carbocycles. The molecular weight excluding hydrogens is 248 g/mol. The molecule has 1 unspecified atom stereocenters. The van der Waals surface area contributed by atoms with Crippen molar-refractivity contribution in [3.8, 4) is 0 Å². The fourth-order valence-corrected chi connectivity index (χ4v) is 2.28. The van der Waals surface area contributed by atoms with Crippen LogP contribution in [0, 0.1) is 11.8 Å². The van der Waals surface area contributed by atoms with Crippen LogP contribution in [0.4, 0.5) is 0 Å². The predicted octanol–water partition coefficient (Wildman–Crippen LogP) is 3.07. The molecule has 1 fully saturated rings. The summed E-state index contributed by atoms with van der Waals surface area (Å²) >= 11 is 5.90. The maximum atomic E-state index is 12.0. The highest BCUT2D eigenvalue weighted by molar-refractivity contribution is 6.29. The zero-order valence-corrected chi connectivity index (χ0v) is 11.6. The molecule has 1 aromatic heterocycles. The molecule has 3 nitrogen and oxygen atoms in total. The Morgan fingerprint density at radius 2 is 2.28 bits per heavy atom. The molecule has 1 aliphatic rings. The number of rotatable bonds is 5. The summed E-state index contributed by atoms with van der Waals surface area (Å²) in [6.45, 7) is 4.93. The van der Waals surface area contributed by atoms with Gasteiger partial charge >= 0.3 is 0 Å². The van der Waals surface area contributed by atoms with E-state index >= 15 is 0 Å². The van der Waals surface area contributed by atoms with Gasteiger partial charge < -0.3 is 5.32 Å². The Labute approximate surface area is 113 Å². The van der Waals surface area contributed by atoms with Gasteiger partial charge in [-0.2, -0.15) is 0 Å². The van der Waals surface area contributed by atoms with E-state index in [-0.39, 0.29) is 5.91 Å². The van der Waals surface area contributed by atoms with Crippen molar-refractivity contribution in [2.24, 2.45) is 11.8 Å². The summed E-state index contributed by atoms with van der Waals surface area (Å²) in [6.07, 6.45) is 3.38. The van der Waals surface area contributed by atoms with Gasteiger partial charge in [0.05, 0.1) is 0 Å².